The Kier molecular flexibility index (Phi) is 6.92. The lowest BCUT2D eigenvalue weighted by atomic mass is 9.90. The van der Waals surface area contributed by atoms with Crippen LogP contribution in [0.25, 0.3) is 12.2 Å². The number of rotatable bonds is 5. The summed E-state index contributed by atoms with van der Waals surface area (Å²) in [5.74, 6) is -0.286. The number of nitrogens with zero attached hydrogens (tertiary/aromatic N) is 2. The van der Waals surface area contributed by atoms with Crippen LogP contribution in [0, 0.1) is 6.92 Å². The van der Waals surface area contributed by atoms with E-state index >= 15 is 0 Å². The van der Waals surface area contributed by atoms with Crippen LogP contribution in [0.1, 0.15) is 41.3 Å². The van der Waals surface area contributed by atoms with Crippen LogP contribution in [0.4, 0.5) is 0 Å². The van der Waals surface area contributed by atoms with E-state index in [-0.39, 0.29) is 5.91 Å². The largest absolute Gasteiger partial charge is 0.339 e. The first kappa shape index (κ1) is 20.5. The first-order chi connectivity index (χ1) is 14.0. The topological polar surface area (TPSA) is 82.5 Å². The minimum atomic E-state index is -0.629. The third-order valence-corrected chi connectivity index (χ3v) is 4.99. The second-order valence-corrected chi connectivity index (χ2v) is 7.16. The molecule has 2 amide bonds. The molecule has 2 N–H and O–H groups in total. The van der Waals surface area contributed by atoms with Crippen molar-refractivity contribution in [2.24, 2.45) is 0 Å². The van der Waals surface area contributed by atoms with Gasteiger partial charge in [0.1, 0.15) is 0 Å². The smallest absolute Gasteiger partial charge is 0.267 e. The summed E-state index contributed by atoms with van der Waals surface area (Å²) in [6.45, 7) is 3.56. The van der Waals surface area contributed by atoms with Crippen molar-refractivity contribution in [2.75, 3.05) is 13.1 Å². The Bertz CT molecular complexity index is 919. The van der Waals surface area contributed by atoms with Gasteiger partial charge in [-0.1, -0.05) is 35.9 Å². The van der Waals surface area contributed by atoms with E-state index in [1.807, 2.05) is 4.90 Å². The lowest BCUT2D eigenvalue weighted by Gasteiger charge is -2.32. The second-order valence-electron chi connectivity index (χ2n) is 7.16. The van der Waals surface area contributed by atoms with E-state index in [9.17, 15) is 9.59 Å². The van der Waals surface area contributed by atoms with Crippen molar-refractivity contribution in [2.45, 2.75) is 25.7 Å². The van der Waals surface area contributed by atoms with Gasteiger partial charge in [0.2, 0.25) is 5.91 Å². The molecule has 0 radical (unpaired) electrons. The fraction of sp³-hybridized carbons (Fsp3) is 0.261. The number of benzene rings is 1. The molecule has 0 aliphatic carbocycles. The van der Waals surface area contributed by atoms with Crippen molar-refractivity contribution >= 4 is 24.0 Å². The van der Waals surface area contributed by atoms with E-state index in [4.69, 9.17) is 5.21 Å². The van der Waals surface area contributed by atoms with Gasteiger partial charge in [-0.15, -0.1) is 0 Å². The summed E-state index contributed by atoms with van der Waals surface area (Å²) in [5.41, 5.74) is 5.23. The highest BCUT2D eigenvalue weighted by Crippen LogP contribution is 2.27. The Hall–Kier alpha value is -3.25. The van der Waals surface area contributed by atoms with Gasteiger partial charge in [0.25, 0.3) is 5.91 Å². The molecule has 1 aromatic carbocycles. The molecule has 1 unspecified atom stereocenters. The molecule has 1 aliphatic rings. The van der Waals surface area contributed by atoms with Gasteiger partial charge >= 0.3 is 0 Å². The average Bonchev–Trinajstić information content (AvgIpc) is 2.76. The lowest BCUT2D eigenvalue weighted by molar-refractivity contribution is -0.127. The molecule has 29 heavy (non-hydrogen) atoms. The number of amides is 2. The standard InChI is InChI=1S/C23H25N3O3/c1-17-7-9-18(10-8-17)19-4-3-15-26(16-19)23(28)14-12-21-6-2-5-20(24-21)11-13-22(27)25-29/h2,5-14,19,29H,3-4,15-16H2,1H3,(H,25,27). The van der Waals surface area contributed by atoms with Crippen LogP contribution in [-0.2, 0) is 9.59 Å². The fourth-order valence-corrected chi connectivity index (χ4v) is 3.40. The molecule has 1 aliphatic heterocycles. The SMILES string of the molecule is Cc1ccc(C2CCCN(C(=O)C=Cc3cccc(C=CC(=O)NO)n3)C2)cc1. The number of nitrogens with one attached hydrogen (secondary N) is 1. The molecule has 1 aromatic heterocycles. The van der Waals surface area contributed by atoms with Crippen LogP contribution in [0.15, 0.2) is 54.6 Å². The highest BCUT2D eigenvalue weighted by Gasteiger charge is 2.23. The van der Waals surface area contributed by atoms with Gasteiger partial charge in [-0.25, -0.2) is 10.5 Å². The Morgan fingerprint density at radius 2 is 1.79 bits per heavy atom. The van der Waals surface area contributed by atoms with Crippen molar-refractivity contribution in [3.63, 3.8) is 0 Å². The maximum Gasteiger partial charge on any atom is 0.267 e. The van der Waals surface area contributed by atoms with Crippen molar-refractivity contribution in [1.82, 2.24) is 15.4 Å². The monoisotopic (exact) mass is 391 g/mol. The second kappa shape index (κ2) is 9.80. The average molecular weight is 391 g/mol. The molecular formula is C23H25N3O3. The lowest BCUT2D eigenvalue weighted by Crippen LogP contribution is -2.38. The summed E-state index contributed by atoms with van der Waals surface area (Å²) in [4.78, 5) is 30.0. The number of likely N-dealkylation sites (tertiary alicyclic amines) is 1. The normalized spacial score (nSPS) is 17.0. The van der Waals surface area contributed by atoms with Crippen molar-refractivity contribution in [3.05, 3.63) is 77.1 Å². The Balaban J connectivity index is 1.63. The number of hydrogen-bond donors (Lipinski definition) is 2. The summed E-state index contributed by atoms with van der Waals surface area (Å²) in [6.07, 6.45) is 7.98. The van der Waals surface area contributed by atoms with Gasteiger partial charge in [-0.05, 0) is 49.6 Å². The molecule has 2 aromatic rings. The molecule has 1 atom stereocenters. The number of hydroxylamine groups is 1. The third kappa shape index (κ3) is 5.86. The zero-order valence-corrected chi connectivity index (χ0v) is 16.4. The van der Waals surface area contributed by atoms with Gasteiger partial charge < -0.3 is 4.90 Å². The number of carbonyl (C=O) groups is 2. The van der Waals surface area contributed by atoms with Crippen molar-refractivity contribution in [3.8, 4) is 0 Å². The first-order valence-corrected chi connectivity index (χ1v) is 9.68. The summed E-state index contributed by atoms with van der Waals surface area (Å²) >= 11 is 0. The number of aromatic nitrogens is 1. The zero-order chi connectivity index (χ0) is 20.6. The zero-order valence-electron chi connectivity index (χ0n) is 16.4. The highest BCUT2D eigenvalue weighted by molar-refractivity contribution is 5.92. The number of carbonyl (C=O) groups excluding carboxylic acids is 2. The van der Waals surface area contributed by atoms with Gasteiger partial charge in [-0.2, -0.15) is 0 Å². The molecule has 0 bridgehead atoms. The van der Waals surface area contributed by atoms with Crippen LogP contribution in [0.5, 0.6) is 0 Å². The molecule has 0 spiro atoms. The predicted octanol–water partition coefficient (Wildman–Crippen LogP) is 3.33. The summed E-state index contributed by atoms with van der Waals surface area (Å²) in [6, 6.07) is 13.9. The van der Waals surface area contributed by atoms with E-state index in [1.54, 1.807) is 30.4 Å². The Morgan fingerprint density at radius 1 is 1.10 bits per heavy atom. The molecule has 150 valence electrons. The van der Waals surface area contributed by atoms with Crippen molar-refractivity contribution < 1.29 is 14.8 Å². The minimum Gasteiger partial charge on any atom is -0.339 e. The summed E-state index contributed by atoms with van der Waals surface area (Å²) in [7, 11) is 0. The van der Waals surface area contributed by atoms with Crippen LogP contribution < -0.4 is 5.48 Å². The molecule has 1 saturated heterocycles. The Morgan fingerprint density at radius 3 is 2.48 bits per heavy atom. The Labute approximate surface area is 170 Å². The maximum absolute atomic E-state index is 12.7. The molecule has 3 rings (SSSR count). The predicted molar refractivity (Wildman–Crippen MR) is 112 cm³/mol. The molecule has 6 heteroatoms. The summed E-state index contributed by atoms with van der Waals surface area (Å²) < 4.78 is 0. The van der Waals surface area contributed by atoms with Gasteiger partial charge in [0, 0.05) is 31.2 Å². The number of hydrogen-bond acceptors (Lipinski definition) is 4. The number of aryl methyl sites for hydroxylation is 1. The van der Waals surface area contributed by atoms with Gasteiger partial charge in [0.15, 0.2) is 0 Å². The van der Waals surface area contributed by atoms with E-state index < -0.39 is 5.91 Å². The first-order valence-electron chi connectivity index (χ1n) is 9.68. The van der Waals surface area contributed by atoms with Crippen LogP contribution in [0.2, 0.25) is 0 Å². The van der Waals surface area contributed by atoms with Crippen LogP contribution in [-0.4, -0.2) is 40.0 Å². The molecule has 1 fully saturated rings. The van der Waals surface area contributed by atoms with E-state index in [1.165, 1.54) is 28.8 Å². The molecule has 6 nitrogen and oxygen atoms in total. The molecular weight excluding hydrogens is 366 g/mol. The van der Waals surface area contributed by atoms with Crippen LogP contribution >= 0.6 is 0 Å². The molecule has 2 heterocycles. The number of piperidine rings is 1. The van der Waals surface area contributed by atoms with Gasteiger partial charge in [0.05, 0.1) is 11.4 Å². The highest BCUT2D eigenvalue weighted by atomic mass is 16.5. The van der Waals surface area contributed by atoms with E-state index in [2.05, 4.69) is 36.2 Å². The third-order valence-electron chi connectivity index (χ3n) is 4.99. The minimum absolute atomic E-state index is 0.0239. The number of pyridine rings is 1. The van der Waals surface area contributed by atoms with E-state index in [0.717, 1.165) is 25.9 Å². The molecule has 0 saturated carbocycles. The van der Waals surface area contributed by atoms with Gasteiger partial charge in [-0.3, -0.25) is 14.8 Å². The summed E-state index contributed by atoms with van der Waals surface area (Å²) in [5, 5.41) is 8.52. The maximum atomic E-state index is 12.7. The van der Waals surface area contributed by atoms with Crippen LogP contribution in [0.3, 0.4) is 0 Å². The fourth-order valence-electron chi connectivity index (χ4n) is 3.40. The quantitative estimate of drug-likeness (QED) is 0.465. The van der Waals surface area contributed by atoms with E-state index in [0.29, 0.717) is 17.3 Å². The van der Waals surface area contributed by atoms with Crippen molar-refractivity contribution in [1.29, 1.82) is 0 Å².